The van der Waals surface area contributed by atoms with Crippen LogP contribution in [0.2, 0.25) is 0 Å². The highest BCUT2D eigenvalue weighted by atomic mass is 32.2. The van der Waals surface area contributed by atoms with Crippen molar-refractivity contribution >= 4 is 48.0 Å². The van der Waals surface area contributed by atoms with E-state index >= 15 is 0 Å². The van der Waals surface area contributed by atoms with Crippen LogP contribution in [-0.4, -0.2) is 31.9 Å². The molecular weight excluding hydrogens is 450 g/mol. The van der Waals surface area contributed by atoms with Crippen LogP contribution in [0.25, 0.3) is 21.0 Å². The van der Waals surface area contributed by atoms with Gasteiger partial charge in [0.25, 0.3) is 10.0 Å². The van der Waals surface area contributed by atoms with E-state index in [-0.39, 0.29) is 6.04 Å². The van der Waals surface area contributed by atoms with E-state index in [2.05, 4.69) is 45.9 Å². The standard InChI is InChI=1S/C26H23N3O2S2/c1-29-14-13-19-21-15-18(28-33(30,31)24-16-32-23-10-6-5-9-20(23)24)11-12-22(21)27-25(19)26(29)17-7-3-2-4-8-17/h2-12,15-16,26-28H,13-14H2,1H3. The highest BCUT2D eigenvalue weighted by Crippen LogP contribution is 2.38. The van der Waals surface area contributed by atoms with Gasteiger partial charge in [-0.25, -0.2) is 8.42 Å². The maximum absolute atomic E-state index is 13.2. The number of nitrogens with zero attached hydrogens (tertiary/aromatic N) is 1. The summed E-state index contributed by atoms with van der Waals surface area (Å²) < 4.78 is 30.2. The molecular formula is C26H23N3O2S2. The Morgan fingerprint density at radius 1 is 1.00 bits per heavy atom. The van der Waals surface area contributed by atoms with Crippen molar-refractivity contribution in [2.45, 2.75) is 17.4 Å². The summed E-state index contributed by atoms with van der Waals surface area (Å²) in [6.45, 7) is 0.941. The summed E-state index contributed by atoms with van der Waals surface area (Å²) >= 11 is 1.44. The van der Waals surface area contributed by atoms with Crippen LogP contribution in [0.1, 0.15) is 22.9 Å². The molecule has 1 unspecified atom stereocenters. The SMILES string of the molecule is CN1CCc2c([nH]c3ccc(NS(=O)(=O)c4csc5ccccc45)cc23)C1c1ccccc1. The van der Waals surface area contributed by atoms with Gasteiger partial charge in [0.15, 0.2) is 0 Å². The predicted molar refractivity (Wildman–Crippen MR) is 136 cm³/mol. The zero-order valence-electron chi connectivity index (χ0n) is 18.1. The Balaban J connectivity index is 1.40. The second-order valence-corrected chi connectivity index (χ2v) is 11.1. The van der Waals surface area contributed by atoms with E-state index in [1.807, 2.05) is 48.5 Å². The zero-order valence-corrected chi connectivity index (χ0v) is 19.7. The van der Waals surface area contributed by atoms with E-state index in [0.717, 1.165) is 34.0 Å². The zero-order chi connectivity index (χ0) is 22.6. The van der Waals surface area contributed by atoms with Crippen molar-refractivity contribution in [1.29, 1.82) is 0 Å². The molecule has 0 amide bonds. The lowest BCUT2D eigenvalue weighted by Crippen LogP contribution is -2.32. The van der Waals surface area contributed by atoms with Gasteiger partial charge in [-0.1, -0.05) is 48.5 Å². The number of rotatable bonds is 4. The van der Waals surface area contributed by atoms with Crippen LogP contribution in [0.5, 0.6) is 0 Å². The maximum atomic E-state index is 13.2. The number of hydrogen-bond acceptors (Lipinski definition) is 4. The van der Waals surface area contributed by atoms with Gasteiger partial charge in [-0.15, -0.1) is 11.3 Å². The second kappa shape index (κ2) is 7.73. The molecule has 6 rings (SSSR count). The molecule has 2 N–H and O–H groups in total. The number of fused-ring (bicyclic) bond motifs is 4. The lowest BCUT2D eigenvalue weighted by Gasteiger charge is -2.33. The van der Waals surface area contributed by atoms with Crippen LogP contribution >= 0.6 is 11.3 Å². The molecule has 3 aromatic carbocycles. The Labute approximate surface area is 196 Å². The van der Waals surface area contributed by atoms with E-state index in [4.69, 9.17) is 0 Å². The van der Waals surface area contributed by atoms with Gasteiger partial charge in [0.1, 0.15) is 4.90 Å². The maximum Gasteiger partial charge on any atom is 0.263 e. The van der Waals surface area contributed by atoms with Crippen LogP contribution < -0.4 is 4.72 Å². The van der Waals surface area contributed by atoms with Crippen LogP contribution in [0.15, 0.2) is 83.1 Å². The first-order valence-corrected chi connectivity index (χ1v) is 13.3. The van der Waals surface area contributed by atoms with E-state index in [9.17, 15) is 8.42 Å². The van der Waals surface area contributed by atoms with Crippen molar-refractivity contribution < 1.29 is 8.42 Å². The first-order chi connectivity index (χ1) is 16.0. The molecule has 0 spiro atoms. The van der Waals surface area contributed by atoms with Gasteiger partial charge in [0.2, 0.25) is 0 Å². The largest absolute Gasteiger partial charge is 0.357 e. The Morgan fingerprint density at radius 2 is 1.79 bits per heavy atom. The number of aromatic nitrogens is 1. The highest BCUT2D eigenvalue weighted by molar-refractivity contribution is 7.93. The van der Waals surface area contributed by atoms with E-state index in [1.165, 1.54) is 28.2 Å². The highest BCUT2D eigenvalue weighted by Gasteiger charge is 2.29. The first kappa shape index (κ1) is 20.5. The molecule has 1 aliphatic rings. The molecule has 1 atom stereocenters. The third-order valence-corrected chi connectivity index (χ3v) is 9.00. The van der Waals surface area contributed by atoms with E-state index in [1.54, 1.807) is 5.38 Å². The number of aromatic amines is 1. The van der Waals surface area contributed by atoms with Crippen molar-refractivity contribution in [3.63, 3.8) is 0 Å². The number of hydrogen-bond donors (Lipinski definition) is 2. The van der Waals surface area contributed by atoms with Gasteiger partial charge >= 0.3 is 0 Å². The molecule has 0 saturated heterocycles. The molecule has 5 nitrogen and oxygen atoms in total. The number of anilines is 1. The van der Waals surface area contributed by atoms with Crippen molar-refractivity contribution in [3.05, 3.63) is 95.0 Å². The van der Waals surface area contributed by atoms with Crippen LogP contribution in [-0.2, 0) is 16.4 Å². The van der Waals surface area contributed by atoms with Crippen molar-refractivity contribution in [2.24, 2.45) is 0 Å². The topological polar surface area (TPSA) is 65.2 Å². The molecule has 0 saturated carbocycles. The molecule has 166 valence electrons. The average Bonchev–Trinajstić information content (AvgIpc) is 3.41. The quantitative estimate of drug-likeness (QED) is 0.349. The number of thiophene rings is 1. The molecule has 3 heterocycles. The Kier molecular flexibility index (Phi) is 4.79. The fourth-order valence-electron chi connectivity index (χ4n) is 4.90. The fraction of sp³-hybridized carbons (Fsp3) is 0.154. The monoisotopic (exact) mass is 473 g/mol. The average molecular weight is 474 g/mol. The summed E-state index contributed by atoms with van der Waals surface area (Å²) in [7, 11) is -1.54. The fourth-order valence-corrected chi connectivity index (χ4v) is 7.45. The Morgan fingerprint density at radius 3 is 2.64 bits per heavy atom. The minimum Gasteiger partial charge on any atom is -0.357 e. The first-order valence-electron chi connectivity index (χ1n) is 10.9. The number of likely N-dealkylation sites (N-methyl/N-ethyl adjacent to an activating group) is 1. The summed E-state index contributed by atoms with van der Waals surface area (Å²) in [5, 5.41) is 3.54. The van der Waals surface area contributed by atoms with Gasteiger partial charge in [-0.3, -0.25) is 9.62 Å². The van der Waals surface area contributed by atoms with Crippen LogP contribution in [0.4, 0.5) is 5.69 Å². The van der Waals surface area contributed by atoms with E-state index in [0.29, 0.717) is 10.6 Å². The van der Waals surface area contributed by atoms with Crippen molar-refractivity contribution in [1.82, 2.24) is 9.88 Å². The minimum absolute atomic E-state index is 0.152. The van der Waals surface area contributed by atoms with Gasteiger partial charge in [0, 0.05) is 44.3 Å². The van der Waals surface area contributed by atoms with Gasteiger partial charge in [-0.2, -0.15) is 0 Å². The number of H-pyrrole nitrogens is 1. The third kappa shape index (κ3) is 3.44. The molecule has 0 fully saturated rings. The number of benzene rings is 3. The van der Waals surface area contributed by atoms with Crippen molar-refractivity contribution in [2.75, 3.05) is 18.3 Å². The summed E-state index contributed by atoms with van der Waals surface area (Å²) in [6, 6.07) is 24.0. The predicted octanol–water partition coefficient (Wildman–Crippen LogP) is 5.76. The minimum atomic E-state index is -3.69. The summed E-state index contributed by atoms with van der Waals surface area (Å²) in [5.41, 5.74) is 5.31. The molecule has 0 aliphatic carbocycles. The van der Waals surface area contributed by atoms with Crippen LogP contribution in [0.3, 0.4) is 0 Å². The second-order valence-electron chi connectivity index (χ2n) is 8.52. The molecule has 33 heavy (non-hydrogen) atoms. The molecule has 7 heteroatoms. The van der Waals surface area contributed by atoms with Crippen molar-refractivity contribution in [3.8, 4) is 0 Å². The lowest BCUT2D eigenvalue weighted by molar-refractivity contribution is 0.261. The Hall–Kier alpha value is -3.13. The van der Waals surface area contributed by atoms with Gasteiger partial charge in [0.05, 0.1) is 6.04 Å². The molecule has 0 radical (unpaired) electrons. The molecule has 5 aromatic rings. The summed E-state index contributed by atoms with van der Waals surface area (Å²) in [5.74, 6) is 0. The number of nitrogens with one attached hydrogen (secondary N) is 2. The van der Waals surface area contributed by atoms with E-state index < -0.39 is 10.0 Å². The van der Waals surface area contributed by atoms with Crippen LogP contribution in [0, 0.1) is 0 Å². The smallest absolute Gasteiger partial charge is 0.263 e. The van der Waals surface area contributed by atoms with Gasteiger partial charge in [-0.05, 0) is 48.9 Å². The third-order valence-electron chi connectivity index (χ3n) is 6.47. The summed E-state index contributed by atoms with van der Waals surface area (Å²) in [4.78, 5) is 6.30. The molecule has 0 bridgehead atoms. The Bertz CT molecular complexity index is 1590. The normalized spacial score (nSPS) is 16.8. The lowest BCUT2D eigenvalue weighted by atomic mass is 9.93. The van der Waals surface area contributed by atoms with Gasteiger partial charge < -0.3 is 4.98 Å². The molecule has 2 aromatic heterocycles. The summed E-state index contributed by atoms with van der Waals surface area (Å²) in [6.07, 6.45) is 0.917. The molecule has 1 aliphatic heterocycles. The number of sulfonamides is 1.